The van der Waals surface area contributed by atoms with Crippen molar-refractivity contribution in [2.75, 3.05) is 26.7 Å². The summed E-state index contributed by atoms with van der Waals surface area (Å²) in [5.74, 6) is 0. The van der Waals surface area contributed by atoms with Crippen LogP contribution < -0.4 is 5.32 Å². The molecule has 0 saturated carbocycles. The quantitative estimate of drug-likeness (QED) is 0.868. The number of thiazole rings is 1. The fraction of sp³-hybridized carbons (Fsp3) is 0.667. The van der Waals surface area contributed by atoms with E-state index in [1.165, 1.54) is 16.2 Å². The summed E-state index contributed by atoms with van der Waals surface area (Å²) in [5.41, 5.74) is 0. The lowest BCUT2D eigenvalue weighted by molar-refractivity contribution is -0.146. The van der Waals surface area contributed by atoms with Gasteiger partial charge in [-0.15, -0.1) is 11.3 Å². The molecule has 3 nitrogen and oxygen atoms in total. The Hall–Kier alpha value is -0.180. The summed E-state index contributed by atoms with van der Waals surface area (Å²) in [4.78, 5) is 5.37. The molecule has 98 valence electrons. The van der Waals surface area contributed by atoms with Crippen LogP contribution in [0.15, 0.2) is 9.98 Å². The number of nitrogens with zero attached hydrogens (tertiary/aromatic N) is 2. The van der Waals surface area contributed by atoms with Gasteiger partial charge in [0.1, 0.15) is 5.01 Å². The molecule has 0 aliphatic heterocycles. The smallest absolute Gasteiger partial charge is 0.318 e. The molecule has 1 heterocycles. The number of hydrogen-bond acceptors (Lipinski definition) is 4. The number of likely N-dealkylation sites (N-methyl/N-ethyl adjacent to an activating group) is 1. The van der Waals surface area contributed by atoms with Crippen molar-refractivity contribution >= 4 is 27.3 Å². The van der Waals surface area contributed by atoms with E-state index < -0.39 is 12.7 Å². The zero-order valence-corrected chi connectivity index (χ0v) is 11.6. The second kappa shape index (κ2) is 6.67. The summed E-state index contributed by atoms with van der Waals surface area (Å²) in [5, 5.41) is 3.52. The second-order valence-electron chi connectivity index (χ2n) is 3.49. The summed E-state index contributed by atoms with van der Waals surface area (Å²) in [7, 11) is 1.71. The largest absolute Gasteiger partial charge is 0.401 e. The molecule has 0 aromatic carbocycles. The van der Waals surface area contributed by atoms with Crippen LogP contribution >= 0.6 is 27.3 Å². The second-order valence-corrected chi connectivity index (χ2v) is 5.98. The Morgan fingerprint density at radius 3 is 2.71 bits per heavy atom. The highest BCUT2D eigenvalue weighted by Gasteiger charge is 2.30. The maximum absolute atomic E-state index is 12.4. The van der Waals surface area contributed by atoms with E-state index in [4.69, 9.17) is 0 Å². The van der Waals surface area contributed by atoms with Crippen LogP contribution in [0.1, 0.15) is 5.01 Å². The van der Waals surface area contributed by atoms with Crippen molar-refractivity contribution in [1.82, 2.24) is 15.2 Å². The van der Waals surface area contributed by atoms with Gasteiger partial charge in [0.2, 0.25) is 0 Å². The average molecular weight is 332 g/mol. The van der Waals surface area contributed by atoms with Crippen LogP contribution in [-0.2, 0) is 6.54 Å². The molecule has 1 aromatic rings. The molecule has 0 atom stereocenters. The van der Waals surface area contributed by atoms with Gasteiger partial charge in [-0.1, -0.05) is 0 Å². The van der Waals surface area contributed by atoms with Gasteiger partial charge in [0.05, 0.1) is 23.1 Å². The number of halogens is 4. The molecule has 8 heteroatoms. The minimum atomic E-state index is -4.18. The van der Waals surface area contributed by atoms with Crippen molar-refractivity contribution in [2.24, 2.45) is 0 Å². The molecule has 1 N–H and O–H groups in total. The van der Waals surface area contributed by atoms with E-state index in [0.29, 0.717) is 18.1 Å². The van der Waals surface area contributed by atoms with Crippen molar-refractivity contribution in [3.8, 4) is 0 Å². The minimum absolute atomic E-state index is 0.220. The third kappa shape index (κ3) is 6.35. The lowest BCUT2D eigenvalue weighted by Crippen LogP contribution is -2.37. The summed E-state index contributed by atoms with van der Waals surface area (Å²) in [6, 6.07) is 0. The normalized spacial score (nSPS) is 12.4. The maximum atomic E-state index is 12.4. The summed E-state index contributed by atoms with van der Waals surface area (Å²) < 4.78 is 37.9. The van der Waals surface area contributed by atoms with Crippen molar-refractivity contribution < 1.29 is 13.2 Å². The van der Waals surface area contributed by atoms with Gasteiger partial charge in [0, 0.05) is 13.1 Å². The van der Waals surface area contributed by atoms with Gasteiger partial charge < -0.3 is 5.32 Å². The molecule has 0 aliphatic rings. The lowest BCUT2D eigenvalue weighted by atomic mass is 10.4. The Kier molecular flexibility index (Phi) is 5.84. The Morgan fingerprint density at radius 2 is 2.24 bits per heavy atom. The molecule has 0 saturated heterocycles. The van der Waals surface area contributed by atoms with Gasteiger partial charge in [-0.05, 0) is 23.0 Å². The highest BCUT2D eigenvalue weighted by molar-refractivity contribution is 9.11. The Morgan fingerprint density at radius 1 is 1.53 bits per heavy atom. The van der Waals surface area contributed by atoms with Crippen molar-refractivity contribution in [3.63, 3.8) is 0 Å². The monoisotopic (exact) mass is 331 g/mol. The fourth-order valence-electron chi connectivity index (χ4n) is 1.29. The average Bonchev–Trinajstić information content (AvgIpc) is 2.58. The molecule has 17 heavy (non-hydrogen) atoms. The first-order valence-electron chi connectivity index (χ1n) is 4.94. The van der Waals surface area contributed by atoms with Crippen LogP contribution in [0.2, 0.25) is 0 Å². The Bertz CT molecular complexity index is 342. The van der Waals surface area contributed by atoms with Crippen LogP contribution in [0.25, 0.3) is 0 Å². The van der Waals surface area contributed by atoms with Gasteiger partial charge in [0.25, 0.3) is 0 Å². The van der Waals surface area contributed by atoms with Crippen molar-refractivity contribution in [1.29, 1.82) is 0 Å². The zero-order chi connectivity index (χ0) is 12.9. The van der Waals surface area contributed by atoms with E-state index in [9.17, 15) is 13.2 Å². The first kappa shape index (κ1) is 14.9. The van der Waals surface area contributed by atoms with Crippen LogP contribution in [-0.4, -0.2) is 42.7 Å². The predicted molar refractivity (Wildman–Crippen MR) is 65.1 cm³/mol. The van der Waals surface area contributed by atoms with Gasteiger partial charge in [-0.3, -0.25) is 4.90 Å². The van der Waals surface area contributed by atoms with E-state index >= 15 is 0 Å². The standard InChI is InChI=1S/C9H13BrF3N3S/c1-14-2-3-16(6-9(11,12)13)5-8-15-4-7(10)17-8/h4,14H,2-3,5-6H2,1H3. The number of aromatic nitrogens is 1. The third-order valence-corrected chi connectivity index (χ3v) is 3.43. The summed E-state index contributed by atoms with van der Waals surface area (Å²) >= 11 is 4.59. The Labute approximate surface area is 110 Å². The molecule has 1 rings (SSSR count). The van der Waals surface area contributed by atoms with Crippen LogP contribution in [0.3, 0.4) is 0 Å². The SMILES string of the molecule is CNCCN(Cc1ncc(Br)s1)CC(F)(F)F. The Balaban J connectivity index is 2.56. The number of hydrogen-bond donors (Lipinski definition) is 1. The minimum Gasteiger partial charge on any atom is -0.318 e. The first-order valence-corrected chi connectivity index (χ1v) is 6.55. The van der Waals surface area contributed by atoms with E-state index in [0.717, 1.165) is 3.79 Å². The van der Waals surface area contributed by atoms with Gasteiger partial charge in [-0.25, -0.2) is 4.98 Å². The number of rotatable bonds is 6. The molecule has 0 fully saturated rings. The van der Waals surface area contributed by atoms with E-state index in [-0.39, 0.29) is 6.54 Å². The zero-order valence-electron chi connectivity index (χ0n) is 9.22. The summed E-state index contributed by atoms with van der Waals surface area (Å²) in [6.07, 6.45) is -2.58. The molecule has 0 amide bonds. The van der Waals surface area contributed by atoms with E-state index in [1.807, 2.05) is 0 Å². The highest BCUT2D eigenvalue weighted by Crippen LogP contribution is 2.22. The molecule has 0 bridgehead atoms. The number of nitrogens with one attached hydrogen (secondary N) is 1. The number of alkyl halides is 3. The molecule has 0 spiro atoms. The molecular weight excluding hydrogens is 319 g/mol. The van der Waals surface area contributed by atoms with Crippen LogP contribution in [0.5, 0.6) is 0 Å². The molecule has 0 aliphatic carbocycles. The van der Waals surface area contributed by atoms with E-state index in [2.05, 4.69) is 26.2 Å². The topological polar surface area (TPSA) is 28.2 Å². The predicted octanol–water partition coefficient (Wildman–Crippen LogP) is 2.49. The molecular formula is C9H13BrF3N3S. The van der Waals surface area contributed by atoms with Crippen LogP contribution in [0, 0.1) is 0 Å². The maximum Gasteiger partial charge on any atom is 0.401 e. The van der Waals surface area contributed by atoms with Crippen molar-refractivity contribution in [2.45, 2.75) is 12.7 Å². The molecule has 1 aromatic heterocycles. The fourth-order valence-corrected chi connectivity index (χ4v) is 2.64. The first-order chi connectivity index (χ1) is 7.90. The van der Waals surface area contributed by atoms with Gasteiger partial charge in [-0.2, -0.15) is 13.2 Å². The third-order valence-electron chi connectivity index (χ3n) is 1.97. The van der Waals surface area contributed by atoms with Gasteiger partial charge >= 0.3 is 6.18 Å². The lowest BCUT2D eigenvalue weighted by Gasteiger charge is -2.22. The van der Waals surface area contributed by atoms with Crippen LogP contribution in [0.4, 0.5) is 13.2 Å². The highest BCUT2D eigenvalue weighted by atomic mass is 79.9. The van der Waals surface area contributed by atoms with E-state index in [1.54, 1.807) is 13.2 Å². The molecule has 0 radical (unpaired) electrons. The summed E-state index contributed by atoms with van der Waals surface area (Å²) in [6.45, 7) is 0.166. The van der Waals surface area contributed by atoms with Gasteiger partial charge in [0.15, 0.2) is 0 Å². The van der Waals surface area contributed by atoms with Crippen molar-refractivity contribution in [3.05, 3.63) is 15.0 Å². The molecule has 0 unspecified atom stereocenters.